The van der Waals surface area contributed by atoms with Crippen molar-refractivity contribution in [1.82, 2.24) is 20.7 Å². The van der Waals surface area contributed by atoms with Crippen molar-refractivity contribution < 1.29 is 27.9 Å². The van der Waals surface area contributed by atoms with Crippen LogP contribution in [0.1, 0.15) is 42.1 Å². The summed E-state index contributed by atoms with van der Waals surface area (Å²) in [7, 11) is -3.74. The van der Waals surface area contributed by atoms with Crippen LogP contribution in [-0.4, -0.2) is 68.7 Å². The first-order valence-corrected chi connectivity index (χ1v) is 12.0. The van der Waals surface area contributed by atoms with E-state index >= 15 is 0 Å². The number of nitrogens with one attached hydrogen (secondary N) is 4. The summed E-state index contributed by atoms with van der Waals surface area (Å²) < 4.78 is 25.7. The Labute approximate surface area is 187 Å². The minimum Gasteiger partial charge on any atom is -0.480 e. The van der Waals surface area contributed by atoms with E-state index < -0.39 is 34.5 Å². The number of carbonyl (C=O) groups is 3. The number of aliphatic imine (C=N–C) groups is 1. The van der Waals surface area contributed by atoms with Crippen LogP contribution in [0, 0.1) is 0 Å². The van der Waals surface area contributed by atoms with Crippen molar-refractivity contribution in [3.63, 3.8) is 0 Å². The molecular weight excluding hydrogens is 438 g/mol. The summed E-state index contributed by atoms with van der Waals surface area (Å²) in [5, 5.41) is 17.4. The third kappa shape index (κ3) is 8.63. The zero-order chi connectivity index (χ0) is 23.6. The number of carboxylic acids is 1. The number of amides is 2. The fourth-order valence-corrected chi connectivity index (χ4v) is 4.19. The standard InChI is InChI=1S/C20H29N5O6S/c1-2-12-32(30,31)25-16(19(28)29)13-23-18(27)15-7-4-14(5-8-15)6-9-17(26)24-20-21-10-3-11-22-20/h4-5,7-8,16,25H,2-3,6,9-13H2,1H3,(H,23,27)(H,28,29)(H2,21,22,24,26)/t16-/m0/s1. The predicted octanol–water partition coefficient (Wildman–Crippen LogP) is -0.403. The topological polar surface area (TPSA) is 166 Å². The molecule has 0 aliphatic carbocycles. The second-order valence-electron chi connectivity index (χ2n) is 7.29. The van der Waals surface area contributed by atoms with E-state index in [9.17, 15) is 27.9 Å². The summed E-state index contributed by atoms with van der Waals surface area (Å²) in [6.07, 6.45) is 2.00. The Morgan fingerprint density at radius 2 is 1.94 bits per heavy atom. The molecule has 0 fully saturated rings. The zero-order valence-electron chi connectivity index (χ0n) is 17.9. The van der Waals surface area contributed by atoms with E-state index in [1.165, 1.54) is 0 Å². The number of hydrogen-bond donors (Lipinski definition) is 5. The molecule has 0 saturated carbocycles. The number of carboxylic acid groups (broad SMARTS) is 1. The maximum Gasteiger partial charge on any atom is 0.323 e. The molecule has 1 atom stereocenters. The van der Waals surface area contributed by atoms with Crippen molar-refractivity contribution in [2.75, 3.05) is 25.4 Å². The highest BCUT2D eigenvalue weighted by Gasteiger charge is 2.24. The molecule has 5 N–H and O–H groups in total. The molecule has 1 heterocycles. The molecule has 0 aromatic heterocycles. The summed E-state index contributed by atoms with van der Waals surface area (Å²) >= 11 is 0. The molecule has 12 heteroatoms. The summed E-state index contributed by atoms with van der Waals surface area (Å²) in [5.41, 5.74) is 1.14. The molecule has 1 aliphatic heterocycles. The Balaban J connectivity index is 1.83. The van der Waals surface area contributed by atoms with E-state index in [0.29, 0.717) is 30.9 Å². The molecule has 1 aliphatic rings. The van der Waals surface area contributed by atoms with Gasteiger partial charge in [0.2, 0.25) is 15.9 Å². The average Bonchev–Trinajstić information content (AvgIpc) is 2.75. The van der Waals surface area contributed by atoms with Gasteiger partial charge >= 0.3 is 5.97 Å². The van der Waals surface area contributed by atoms with Gasteiger partial charge in [0, 0.05) is 31.6 Å². The normalized spacial score (nSPS) is 14.6. The summed E-state index contributed by atoms with van der Waals surface area (Å²) in [6, 6.07) is 5.07. The number of aliphatic carboxylic acids is 1. The van der Waals surface area contributed by atoms with Crippen molar-refractivity contribution >= 4 is 33.8 Å². The van der Waals surface area contributed by atoms with Gasteiger partial charge in [0.25, 0.3) is 5.91 Å². The molecule has 176 valence electrons. The van der Waals surface area contributed by atoms with Crippen LogP contribution >= 0.6 is 0 Å². The van der Waals surface area contributed by atoms with Gasteiger partial charge in [-0.3, -0.25) is 24.7 Å². The van der Waals surface area contributed by atoms with E-state index in [-0.39, 0.29) is 18.1 Å². The lowest BCUT2D eigenvalue weighted by atomic mass is 10.1. The molecule has 11 nitrogen and oxygen atoms in total. The van der Waals surface area contributed by atoms with Gasteiger partial charge in [0.1, 0.15) is 6.04 Å². The van der Waals surface area contributed by atoms with E-state index in [1.807, 2.05) is 0 Å². The number of hydrogen-bond acceptors (Lipinski definition) is 7. The van der Waals surface area contributed by atoms with Crippen LogP contribution in [0.4, 0.5) is 0 Å². The number of benzene rings is 1. The Bertz CT molecular complexity index is 946. The van der Waals surface area contributed by atoms with Gasteiger partial charge in [-0.1, -0.05) is 19.1 Å². The first kappa shape index (κ1) is 25.3. The Morgan fingerprint density at radius 1 is 1.22 bits per heavy atom. The molecular formula is C20H29N5O6S. The van der Waals surface area contributed by atoms with Crippen LogP contribution in [0.2, 0.25) is 0 Å². The minimum absolute atomic E-state index is 0.162. The van der Waals surface area contributed by atoms with Gasteiger partial charge in [-0.15, -0.1) is 0 Å². The third-order valence-corrected chi connectivity index (χ3v) is 6.16. The Kier molecular flexibility index (Phi) is 9.60. The molecule has 2 amide bonds. The van der Waals surface area contributed by atoms with E-state index in [0.717, 1.165) is 18.5 Å². The monoisotopic (exact) mass is 467 g/mol. The van der Waals surface area contributed by atoms with Gasteiger partial charge in [0.05, 0.1) is 5.75 Å². The fraction of sp³-hybridized carbons (Fsp3) is 0.500. The third-order valence-electron chi connectivity index (χ3n) is 4.57. The number of aryl methyl sites for hydroxylation is 1. The fourth-order valence-electron chi connectivity index (χ4n) is 2.91. The highest BCUT2D eigenvalue weighted by molar-refractivity contribution is 7.89. The molecule has 0 unspecified atom stereocenters. The lowest BCUT2D eigenvalue weighted by molar-refractivity contribution is -0.138. The maximum atomic E-state index is 12.3. The smallest absolute Gasteiger partial charge is 0.323 e. The molecule has 1 aromatic carbocycles. The van der Waals surface area contributed by atoms with Crippen LogP contribution < -0.4 is 20.7 Å². The lowest BCUT2D eigenvalue weighted by Gasteiger charge is -2.15. The first-order valence-electron chi connectivity index (χ1n) is 10.4. The van der Waals surface area contributed by atoms with Gasteiger partial charge in [-0.25, -0.2) is 8.42 Å². The second kappa shape index (κ2) is 12.2. The maximum absolute atomic E-state index is 12.3. The lowest BCUT2D eigenvalue weighted by Crippen LogP contribution is -2.48. The number of carbonyl (C=O) groups excluding carboxylic acids is 2. The zero-order valence-corrected chi connectivity index (χ0v) is 18.7. The summed E-state index contributed by atoms with van der Waals surface area (Å²) in [4.78, 5) is 39.8. The quantitative estimate of drug-likeness (QED) is 0.295. The van der Waals surface area contributed by atoms with Crippen LogP contribution in [-0.2, 0) is 26.0 Å². The van der Waals surface area contributed by atoms with E-state index in [4.69, 9.17) is 0 Å². The van der Waals surface area contributed by atoms with Crippen molar-refractivity contribution in [2.45, 2.75) is 38.6 Å². The highest BCUT2D eigenvalue weighted by Crippen LogP contribution is 2.07. The SMILES string of the molecule is CCCS(=O)(=O)N[C@@H](CNC(=O)c1ccc(CCC(=O)NC2=NCCCN2)cc1)C(=O)O. The molecule has 0 spiro atoms. The van der Waals surface area contributed by atoms with Crippen LogP contribution in [0.3, 0.4) is 0 Å². The largest absolute Gasteiger partial charge is 0.480 e. The second-order valence-corrected chi connectivity index (χ2v) is 9.17. The van der Waals surface area contributed by atoms with Crippen LogP contribution in [0.5, 0.6) is 0 Å². The van der Waals surface area contributed by atoms with Crippen LogP contribution in [0.15, 0.2) is 29.3 Å². The number of guanidine groups is 1. The van der Waals surface area contributed by atoms with Crippen molar-refractivity contribution in [1.29, 1.82) is 0 Å². The number of nitrogens with zero attached hydrogens (tertiary/aromatic N) is 1. The van der Waals surface area contributed by atoms with Gasteiger partial charge in [-0.2, -0.15) is 4.72 Å². The summed E-state index contributed by atoms with van der Waals surface area (Å²) in [5.74, 6) is -1.78. The average molecular weight is 468 g/mol. The van der Waals surface area contributed by atoms with E-state index in [2.05, 4.69) is 25.7 Å². The van der Waals surface area contributed by atoms with Crippen molar-refractivity contribution in [3.8, 4) is 0 Å². The number of rotatable bonds is 11. The predicted molar refractivity (Wildman–Crippen MR) is 119 cm³/mol. The molecule has 1 aromatic rings. The Morgan fingerprint density at radius 3 is 2.53 bits per heavy atom. The van der Waals surface area contributed by atoms with Crippen LogP contribution in [0.25, 0.3) is 0 Å². The highest BCUT2D eigenvalue weighted by atomic mass is 32.2. The molecule has 0 bridgehead atoms. The molecule has 0 saturated heterocycles. The molecule has 0 radical (unpaired) electrons. The summed E-state index contributed by atoms with van der Waals surface area (Å²) in [6.45, 7) is 2.73. The van der Waals surface area contributed by atoms with Gasteiger partial charge < -0.3 is 15.7 Å². The molecule has 2 rings (SSSR count). The first-order chi connectivity index (χ1) is 15.2. The van der Waals surface area contributed by atoms with Crippen molar-refractivity contribution in [2.24, 2.45) is 4.99 Å². The van der Waals surface area contributed by atoms with Gasteiger partial charge in [-0.05, 0) is 37.0 Å². The Hall–Kier alpha value is -2.99. The minimum atomic E-state index is -3.74. The van der Waals surface area contributed by atoms with Crippen molar-refractivity contribution in [3.05, 3.63) is 35.4 Å². The molecule has 32 heavy (non-hydrogen) atoms. The van der Waals surface area contributed by atoms with Gasteiger partial charge in [0.15, 0.2) is 5.96 Å². The number of sulfonamides is 1. The van der Waals surface area contributed by atoms with E-state index in [1.54, 1.807) is 31.2 Å².